The molecule has 0 heterocycles. The molecule has 1 nitrogen and oxygen atoms in total. The standard InChI is InChI=1S/C12H11FO/c13-9-3-1-2-8-4-5-12(6-7-12)11(14)10(8)9/h1-3H,4-7H2. The Kier molecular flexibility index (Phi) is 1.42. The van der Waals surface area contributed by atoms with Crippen molar-refractivity contribution in [1.82, 2.24) is 0 Å². The van der Waals surface area contributed by atoms with Gasteiger partial charge in [-0.05, 0) is 37.3 Å². The van der Waals surface area contributed by atoms with Gasteiger partial charge in [0.15, 0.2) is 5.78 Å². The molecule has 1 aromatic rings. The summed E-state index contributed by atoms with van der Waals surface area (Å²) in [5.41, 5.74) is 1.11. The fourth-order valence-corrected chi connectivity index (χ4v) is 2.41. The molecule has 1 fully saturated rings. The van der Waals surface area contributed by atoms with Crippen molar-refractivity contribution in [2.75, 3.05) is 0 Å². The molecular formula is C12H11FO. The zero-order valence-electron chi connectivity index (χ0n) is 7.85. The van der Waals surface area contributed by atoms with Crippen molar-refractivity contribution in [3.05, 3.63) is 35.1 Å². The first-order chi connectivity index (χ1) is 6.73. The van der Waals surface area contributed by atoms with Crippen molar-refractivity contribution in [1.29, 1.82) is 0 Å². The highest BCUT2D eigenvalue weighted by Gasteiger charge is 2.52. The molecule has 1 saturated carbocycles. The largest absolute Gasteiger partial charge is 0.293 e. The van der Waals surface area contributed by atoms with Crippen LogP contribution in [0.25, 0.3) is 0 Å². The number of rotatable bonds is 0. The summed E-state index contributed by atoms with van der Waals surface area (Å²) in [5, 5.41) is 0. The maximum absolute atomic E-state index is 13.5. The van der Waals surface area contributed by atoms with Crippen LogP contribution < -0.4 is 0 Å². The summed E-state index contributed by atoms with van der Waals surface area (Å²) in [4.78, 5) is 12.0. The SMILES string of the molecule is O=C1c2c(F)cccc2CCC12CC2. The lowest BCUT2D eigenvalue weighted by Gasteiger charge is -2.22. The van der Waals surface area contributed by atoms with Gasteiger partial charge in [0, 0.05) is 5.41 Å². The summed E-state index contributed by atoms with van der Waals surface area (Å²) in [7, 11) is 0. The minimum absolute atomic E-state index is 0.0526. The lowest BCUT2D eigenvalue weighted by Crippen LogP contribution is -2.25. The highest BCUT2D eigenvalue weighted by molar-refractivity contribution is 6.04. The summed E-state index contributed by atoms with van der Waals surface area (Å²) in [5.74, 6) is -0.282. The van der Waals surface area contributed by atoms with E-state index < -0.39 is 0 Å². The number of benzene rings is 1. The number of aryl methyl sites for hydroxylation is 1. The molecule has 2 aliphatic carbocycles. The highest BCUT2D eigenvalue weighted by Crippen LogP contribution is 2.54. The Balaban J connectivity index is 2.18. The zero-order chi connectivity index (χ0) is 9.76. The molecule has 0 aromatic heterocycles. The van der Waals surface area contributed by atoms with Gasteiger partial charge in [-0.2, -0.15) is 0 Å². The summed E-state index contributed by atoms with van der Waals surface area (Å²) in [6.07, 6.45) is 3.69. The van der Waals surface area contributed by atoms with Crippen molar-refractivity contribution in [2.24, 2.45) is 5.41 Å². The van der Waals surface area contributed by atoms with E-state index in [9.17, 15) is 9.18 Å². The molecule has 0 bridgehead atoms. The lowest BCUT2D eigenvalue weighted by molar-refractivity contribution is 0.0875. The number of Topliss-reactive ketones (excluding diaryl/α,β-unsaturated/α-hetero) is 1. The maximum Gasteiger partial charge on any atom is 0.172 e. The van der Waals surface area contributed by atoms with Gasteiger partial charge in [0.1, 0.15) is 5.82 Å². The molecule has 0 saturated heterocycles. The highest BCUT2D eigenvalue weighted by atomic mass is 19.1. The number of hydrogen-bond donors (Lipinski definition) is 0. The molecule has 2 heteroatoms. The second-order valence-electron chi connectivity index (χ2n) is 4.38. The normalized spacial score (nSPS) is 22.2. The van der Waals surface area contributed by atoms with Gasteiger partial charge in [0.05, 0.1) is 5.56 Å². The van der Waals surface area contributed by atoms with E-state index in [1.54, 1.807) is 6.07 Å². The van der Waals surface area contributed by atoms with Crippen molar-refractivity contribution in [3.8, 4) is 0 Å². The van der Waals surface area contributed by atoms with Gasteiger partial charge in [-0.3, -0.25) is 4.79 Å². The fourth-order valence-electron chi connectivity index (χ4n) is 2.41. The number of carbonyl (C=O) groups is 1. The number of halogens is 1. The van der Waals surface area contributed by atoms with Crippen LogP contribution >= 0.6 is 0 Å². The first kappa shape index (κ1) is 8.16. The monoisotopic (exact) mass is 190 g/mol. The van der Waals surface area contributed by atoms with E-state index in [1.165, 1.54) is 6.07 Å². The van der Waals surface area contributed by atoms with Gasteiger partial charge in [-0.1, -0.05) is 12.1 Å². The fraction of sp³-hybridized carbons (Fsp3) is 0.417. The van der Waals surface area contributed by atoms with Crippen LogP contribution in [0.5, 0.6) is 0 Å². The first-order valence-electron chi connectivity index (χ1n) is 5.05. The quantitative estimate of drug-likeness (QED) is 0.614. The number of ketones is 1. The van der Waals surface area contributed by atoms with Gasteiger partial charge < -0.3 is 0 Å². The second kappa shape index (κ2) is 2.44. The molecule has 0 amide bonds. The molecule has 3 rings (SSSR count). The first-order valence-corrected chi connectivity index (χ1v) is 5.05. The van der Waals surface area contributed by atoms with Crippen molar-refractivity contribution in [2.45, 2.75) is 25.7 Å². The van der Waals surface area contributed by atoms with E-state index in [2.05, 4.69) is 0 Å². The second-order valence-corrected chi connectivity index (χ2v) is 4.38. The molecular weight excluding hydrogens is 179 g/mol. The zero-order valence-corrected chi connectivity index (χ0v) is 7.85. The smallest absolute Gasteiger partial charge is 0.172 e. The van der Waals surface area contributed by atoms with Crippen LogP contribution in [0, 0.1) is 11.2 Å². The Morgan fingerprint density at radius 2 is 2.00 bits per heavy atom. The summed E-state index contributed by atoms with van der Waals surface area (Å²) < 4.78 is 13.5. The number of hydrogen-bond acceptors (Lipinski definition) is 1. The van der Waals surface area contributed by atoms with E-state index >= 15 is 0 Å². The van der Waals surface area contributed by atoms with Gasteiger partial charge in [0.25, 0.3) is 0 Å². The van der Waals surface area contributed by atoms with Crippen LogP contribution in [0.4, 0.5) is 4.39 Å². The Hall–Kier alpha value is -1.18. The Labute approximate surface area is 81.9 Å². The molecule has 1 spiro atoms. The molecule has 14 heavy (non-hydrogen) atoms. The minimum Gasteiger partial charge on any atom is -0.293 e. The lowest BCUT2D eigenvalue weighted by atomic mass is 9.80. The Bertz CT molecular complexity index is 418. The van der Waals surface area contributed by atoms with Crippen LogP contribution in [-0.2, 0) is 6.42 Å². The molecule has 72 valence electrons. The van der Waals surface area contributed by atoms with Crippen molar-refractivity contribution in [3.63, 3.8) is 0 Å². The van der Waals surface area contributed by atoms with E-state index in [0.717, 1.165) is 31.2 Å². The third kappa shape index (κ3) is 0.912. The summed E-state index contributed by atoms with van der Waals surface area (Å²) in [6.45, 7) is 0. The van der Waals surface area contributed by atoms with Crippen LogP contribution in [0.15, 0.2) is 18.2 Å². The molecule has 0 unspecified atom stereocenters. The minimum atomic E-state index is -0.335. The van der Waals surface area contributed by atoms with E-state index in [-0.39, 0.29) is 17.0 Å². The van der Waals surface area contributed by atoms with Crippen LogP contribution in [-0.4, -0.2) is 5.78 Å². The molecule has 0 radical (unpaired) electrons. The topological polar surface area (TPSA) is 17.1 Å². The predicted molar refractivity (Wildman–Crippen MR) is 50.7 cm³/mol. The van der Waals surface area contributed by atoms with E-state index in [0.29, 0.717) is 5.56 Å². The summed E-state index contributed by atoms with van der Waals surface area (Å²) >= 11 is 0. The van der Waals surface area contributed by atoms with Crippen LogP contribution in [0.2, 0.25) is 0 Å². The van der Waals surface area contributed by atoms with Crippen LogP contribution in [0.3, 0.4) is 0 Å². The third-order valence-corrected chi connectivity index (χ3v) is 3.54. The Morgan fingerprint density at radius 3 is 2.71 bits per heavy atom. The molecule has 0 N–H and O–H groups in total. The average molecular weight is 190 g/mol. The van der Waals surface area contributed by atoms with Gasteiger partial charge >= 0.3 is 0 Å². The third-order valence-electron chi connectivity index (χ3n) is 3.54. The average Bonchev–Trinajstić information content (AvgIpc) is 2.93. The molecule has 1 aromatic carbocycles. The van der Waals surface area contributed by atoms with Crippen LogP contribution in [0.1, 0.15) is 35.2 Å². The van der Waals surface area contributed by atoms with E-state index in [4.69, 9.17) is 0 Å². The molecule has 0 atom stereocenters. The Morgan fingerprint density at radius 1 is 1.21 bits per heavy atom. The van der Waals surface area contributed by atoms with Gasteiger partial charge in [0.2, 0.25) is 0 Å². The van der Waals surface area contributed by atoms with Crippen molar-refractivity contribution >= 4 is 5.78 Å². The van der Waals surface area contributed by atoms with Crippen molar-refractivity contribution < 1.29 is 9.18 Å². The predicted octanol–water partition coefficient (Wildman–Crippen LogP) is 2.73. The van der Waals surface area contributed by atoms with Gasteiger partial charge in [-0.25, -0.2) is 4.39 Å². The van der Waals surface area contributed by atoms with Gasteiger partial charge in [-0.15, -0.1) is 0 Å². The maximum atomic E-state index is 13.5. The number of carbonyl (C=O) groups excluding carboxylic acids is 1. The van der Waals surface area contributed by atoms with E-state index in [1.807, 2.05) is 6.07 Å². The number of fused-ring (bicyclic) bond motifs is 1. The summed E-state index contributed by atoms with van der Waals surface area (Å²) in [6, 6.07) is 4.94. The molecule has 0 aliphatic heterocycles. The molecule has 2 aliphatic rings.